The average Bonchev–Trinajstić information content (AvgIpc) is 3.49. The molecule has 13 heteroatoms. The molecule has 4 aromatic rings. The maximum atomic E-state index is 13.5. The second-order valence-electron chi connectivity index (χ2n) is 10.7. The van der Waals surface area contributed by atoms with Gasteiger partial charge in [-0.25, -0.2) is 4.98 Å². The summed E-state index contributed by atoms with van der Waals surface area (Å²) in [6.45, 7) is 0.216. The predicted molar refractivity (Wildman–Crippen MR) is 158 cm³/mol. The van der Waals surface area contributed by atoms with Gasteiger partial charge >= 0.3 is 18.3 Å². The number of fused-ring (bicyclic) bond motifs is 1. The van der Waals surface area contributed by atoms with Gasteiger partial charge in [0.25, 0.3) is 5.91 Å². The molecule has 1 amide bonds. The van der Waals surface area contributed by atoms with Gasteiger partial charge in [0.2, 0.25) is 0 Å². The summed E-state index contributed by atoms with van der Waals surface area (Å²) < 4.78 is 81.1. The predicted octanol–water partition coefficient (Wildman–Crippen LogP) is 8.27. The molecule has 2 N–H and O–H groups in total. The van der Waals surface area contributed by atoms with E-state index in [1.165, 1.54) is 16.5 Å². The van der Waals surface area contributed by atoms with Crippen LogP contribution in [-0.2, 0) is 36.5 Å². The van der Waals surface area contributed by atoms with Gasteiger partial charge in [-0.2, -0.15) is 26.3 Å². The topological polar surface area (TPSA) is 82.5 Å². The van der Waals surface area contributed by atoms with Crippen LogP contribution >= 0.6 is 11.3 Å². The van der Waals surface area contributed by atoms with Gasteiger partial charge in [-0.3, -0.25) is 9.59 Å². The number of carbonyl (C=O) groups excluding carboxylic acids is 1. The van der Waals surface area contributed by atoms with Crippen molar-refractivity contribution in [2.45, 2.75) is 51.0 Å². The zero-order valence-corrected chi connectivity index (χ0v) is 24.5. The Labute approximate surface area is 258 Å². The molecule has 236 valence electrons. The minimum atomic E-state index is -4.98. The number of aliphatic carboxylic acids is 1. The lowest BCUT2D eigenvalue weighted by Crippen LogP contribution is -2.26. The number of hydrogen-bond acceptors (Lipinski definition) is 5. The standard InChI is InChI=1S/C32H27F6N3O3S/c33-31(34,35)24-13-23(14-25(16-24)32(36,37)38)27-18-45-30(40-27)41(26-10-9-20-3-1-2-4-22(20)15-26)17-19-5-7-21(8-6-19)29(44)39-12-11-28(42)43/h5-10,13-16,18H,1-4,11-12,17H2,(H,39,44)(H,42,43). The fraction of sp³-hybridized carbons (Fsp3) is 0.281. The summed E-state index contributed by atoms with van der Waals surface area (Å²) in [7, 11) is 0. The first-order valence-electron chi connectivity index (χ1n) is 14.0. The summed E-state index contributed by atoms with van der Waals surface area (Å²) in [5, 5.41) is 13.1. The molecule has 0 radical (unpaired) electrons. The summed E-state index contributed by atoms with van der Waals surface area (Å²) in [6, 6.07) is 14.0. The van der Waals surface area contributed by atoms with Gasteiger partial charge in [0, 0.05) is 28.7 Å². The first kappa shape index (κ1) is 32.0. The molecule has 0 aliphatic heterocycles. The van der Waals surface area contributed by atoms with E-state index >= 15 is 0 Å². The minimum Gasteiger partial charge on any atom is -0.481 e. The van der Waals surface area contributed by atoms with Gasteiger partial charge in [-0.05, 0) is 84.8 Å². The number of amides is 1. The molecule has 0 spiro atoms. The van der Waals surface area contributed by atoms with Crippen molar-refractivity contribution in [2.75, 3.05) is 11.4 Å². The lowest BCUT2D eigenvalue weighted by atomic mass is 9.91. The first-order chi connectivity index (χ1) is 21.3. The SMILES string of the molecule is O=C(O)CCNC(=O)c1ccc(CN(c2ccc3c(c2)CCCC3)c2nc(-c3cc(C(F)(F)F)cc(C(F)(F)F)c3)cs2)cc1. The van der Waals surface area contributed by atoms with Crippen LogP contribution in [0, 0.1) is 0 Å². The van der Waals surface area contributed by atoms with Crippen molar-refractivity contribution in [1.82, 2.24) is 10.3 Å². The number of anilines is 2. The molecule has 6 nitrogen and oxygen atoms in total. The van der Waals surface area contributed by atoms with Gasteiger partial charge < -0.3 is 15.3 Å². The van der Waals surface area contributed by atoms with Crippen LogP contribution in [0.3, 0.4) is 0 Å². The Morgan fingerprint density at radius 2 is 1.51 bits per heavy atom. The number of nitrogens with zero attached hydrogens (tertiary/aromatic N) is 2. The van der Waals surface area contributed by atoms with Crippen molar-refractivity contribution in [3.63, 3.8) is 0 Å². The second kappa shape index (κ2) is 12.9. The van der Waals surface area contributed by atoms with Gasteiger partial charge in [-0.1, -0.05) is 18.2 Å². The molecule has 0 unspecified atom stereocenters. The van der Waals surface area contributed by atoms with E-state index in [2.05, 4.69) is 10.3 Å². The number of rotatable bonds is 9. The van der Waals surface area contributed by atoms with E-state index in [4.69, 9.17) is 5.11 Å². The van der Waals surface area contributed by atoms with Crippen LogP contribution in [-0.4, -0.2) is 28.5 Å². The Balaban J connectivity index is 1.48. The summed E-state index contributed by atoms with van der Waals surface area (Å²) in [5.74, 6) is -1.47. The molecule has 3 aromatic carbocycles. The summed E-state index contributed by atoms with van der Waals surface area (Å²) in [6.07, 6.45) is -6.23. The van der Waals surface area contributed by atoms with Crippen LogP contribution in [0.4, 0.5) is 37.2 Å². The van der Waals surface area contributed by atoms with Crippen molar-refractivity contribution in [1.29, 1.82) is 0 Å². The van der Waals surface area contributed by atoms with Crippen LogP contribution in [0.5, 0.6) is 0 Å². The summed E-state index contributed by atoms with van der Waals surface area (Å²) >= 11 is 1.09. The van der Waals surface area contributed by atoms with Crippen LogP contribution in [0.2, 0.25) is 0 Å². The van der Waals surface area contributed by atoms with E-state index in [0.717, 1.165) is 48.3 Å². The zero-order chi connectivity index (χ0) is 32.4. The van der Waals surface area contributed by atoms with E-state index in [-0.39, 0.29) is 36.8 Å². The van der Waals surface area contributed by atoms with Gasteiger partial charge in [-0.15, -0.1) is 11.3 Å². The zero-order valence-electron chi connectivity index (χ0n) is 23.6. The monoisotopic (exact) mass is 647 g/mol. The third-order valence-electron chi connectivity index (χ3n) is 7.43. The molecule has 1 aliphatic rings. The lowest BCUT2D eigenvalue weighted by molar-refractivity contribution is -0.143. The Hall–Kier alpha value is -4.39. The van der Waals surface area contributed by atoms with Gasteiger partial charge in [0.1, 0.15) is 0 Å². The second-order valence-corrected chi connectivity index (χ2v) is 11.5. The van der Waals surface area contributed by atoms with E-state index in [1.807, 2.05) is 23.1 Å². The minimum absolute atomic E-state index is 0.0231. The Morgan fingerprint density at radius 3 is 2.13 bits per heavy atom. The number of carboxylic acid groups (broad SMARTS) is 1. The maximum Gasteiger partial charge on any atom is 0.416 e. The molecule has 5 rings (SSSR count). The number of thiazole rings is 1. The summed E-state index contributed by atoms with van der Waals surface area (Å²) in [5.41, 5.74) is 1.07. The number of carboxylic acids is 1. The van der Waals surface area contributed by atoms with E-state index in [0.29, 0.717) is 22.8 Å². The molecule has 0 saturated heterocycles. The molecule has 0 saturated carbocycles. The highest BCUT2D eigenvalue weighted by molar-refractivity contribution is 7.14. The van der Waals surface area contributed by atoms with E-state index in [1.54, 1.807) is 24.3 Å². The molecule has 1 heterocycles. The largest absolute Gasteiger partial charge is 0.481 e. The van der Waals surface area contributed by atoms with Crippen LogP contribution in [0.15, 0.2) is 66.0 Å². The lowest BCUT2D eigenvalue weighted by Gasteiger charge is -2.25. The normalized spacial score (nSPS) is 13.3. The van der Waals surface area contributed by atoms with Crippen molar-refractivity contribution < 1.29 is 41.0 Å². The molecule has 1 aliphatic carbocycles. The fourth-order valence-electron chi connectivity index (χ4n) is 5.11. The fourth-order valence-corrected chi connectivity index (χ4v) is 5.96. The molecule has 1 aromatic heterocycles. The van der Waals surface area contributed by atoms with Crippen LogP contribution in [0.1, 0.15) is 57.4 Å². The molecular weight excluding hydrogens is 620 g/mol. The smallest absolute Gasteiger partial charge is 0.416 e. The maximum absolute atomic E-state index is 13.5. The van der Waals surface area contributed by atoms with Gasteiger partial charge in [0.15, 0.2) is 5.13 Å². The third kappa shape index (κ3) is 7.83. The van der Waals surface area contributed by atoms with Crippen molar-refractivity contribution >= 4 is 34.0 Å². The number of alkyl halides is 6. The van der Waals surface area contributed by atoms with Crippen molar-refractivity contribution in [3.05, 3.63) is 99.4 Å². The Morgan fingerprint density at radius 1 is 0.867 bits per heavy atom. The number of halogens is 6. The number of aryl methyl sites for hydroxylation is 2. The highest BCUT2D eigenvalue weighted by atomic mass is 32.1. The van der Waals surface area contributed by atoms with E-state index in [9.17, 15) is 35.9 Å². The Bertz CT molecular complexity index is 1670. The average molecular weight is 648 g/mol. The van der Waals surface area contributed by atoms with Crippen LogP contribution < -0.4 is 10.2 Å². The molecule has 45 heavy (non-hydrogen) atoms. The highest BCUT2D eigenvalue weighted by Crippen LogP contribution is 2.40. The number of aromatic nitrogens is 1. The van der Waals surface area contributed by atoms with E-state index < -0.39 is 35.4 Å². The van der Waals surface area contributed by atoms with Crippen molar-refractivity contribution in [3.8, 4) is 11.3 Å². The number of benzene rings is 3. The number of hydrogen-bond donors (Lipinski definition) is 2. The molecule has 0 atom stereocenters. The molecule has 0 bridgehead atoms. The molecule has 0 fully saturated rings. The highest BCUT2D eigenvalue weighted by Gasteiger charge is 2.37. The summed E-state index contributed by atoms with van der Waals surface area (Å²) in [4.78, 5) is 29.4. The Kier molecular flexibility index (Phi) is 9.19. The van der Waals surface area contributed by atoms with Crippen LogP contribution in [0.25, 0.3) is 11.3 Å². The number of carbonyl (C=O) groups is 2. The third-order valence-corrected chi connectivity index (χ3v) is 8.29. The number of nitrogens with one attached hydrogen (secondary N) is 1. The molecular formula is C32H27F6N3O3S. The van der Waals surface area contributed by atoms with Gasteiger partial charge in [0.05, 0.1) is 29.8 Å². The quantitative estimate of drug-likeness (QED) is 0.179. The first-order valence-corrected chi connectivity index (χ1v) is 14.9. The van der Waals surface area contributed by atoms with Crippen molar-refractivity contribution in [2.24, 2.45) is 0 Å².